The third-order valence-corrected chi connectivity index (χ3v) is 3.66. The zero-order valence-corrected chi connectivity index (χ0v) is 13.9. The Hall–Kier alpha value is -1.92. The number of hydrogen-bond donors (Lipinski definition) is 0. The molecule has 23 heavy (non-hydrogen) atoms. The first-order chi connectivity index (χ1) is 11.0. The Morgan fingerprint density at radius 3 is 2.74 bits per heavy atom. The smallest absolute Gasteiger partial charge is 0.230 e. The van der Waals surface area contributed by atoms with Crippen molar-refractivity contribution in [3.8, 4) is 5.75 Å². The number of aryl methyl sites for hydroxylation is 1. The fourth-order valence-corrected chi connectivity index (χ4v) is 2.92. The SMILES string of the molecule is Cc1nnc(CN2CC(COc3ccccc3)OC(C)(C)C2)o1. The Balaban J connectivity index is 1.59. The average molecular weight is 317 g/mol. The van der Waals surface area contributed by atoms with E-state index in [0.29, 0.717) is 24.9 Å². The van der Waals surface area contributed by atoms with Crippen LogP contribution in [0.15, 0.2) is 34.7 Å². The van der Waals surface area contributed by atoms with Gasteiger partial charge in [0, 0.05) is 20.0 Å². The van der Waals surface area contributed by atoms with Gasteiger partial charge >= 0.3 is 0 Å². The van der Waals surface area contributed by atoms with E-state index in [1.807, 2.05) is 30.3 Å². The molecular weight excluding hydrogens is 294 g/mol. The molecule has 0 radical (unpaired) electrons. The number of nitrogens with zero attached hydrogens (tertiary/aromatic N) is 3. The Morgan fingerprint density at radius 2 is 2.04 bits per heavy atom. The molecule has 0 saturated carbocycles. The van der Waals surface area contributed by atoms with E-state index in [2.05, 4.69) is 28.9 Å². The van der Waals surface area contributed by atoms with Crippen molar-refractivity contribution in [2.75, 3.05) is 19.7 Å². The number of benzene rings is 1. The van der Waals surface area contributed by atoms with Crippen LogP contribution in [-0.2, 0) is 11.3 Å². The van der Waals surface area contributed by atoms with E-state index < -0.39 is 0 Å². The summed E-state index contributed by atoms with van der Waals surface area (Å²) in [5, 5.41) is 7.96. The van der Waals surface area contributed by atoms with Crippen LogP contribution in [0.25, 0.3) is 0 Å². The molecule has 1 aromatic heterocycles. The second kappa shape index (κ2) is 6.68. The summed E-state index contributed by atoms with van der Waals surface area (Å²) in [5.41, 5.74) is -0.238. The van der Waals surface area contributed by atoms with E-state index >= 15 is 0 Å². The molecule has 1 aliphatic heterocycles. The van der Waals surface area contributed by atoms with Crippen LogP contribution in [0.4, 0.5) is 0 Å². The molecule has 3 rings (SSSR count). The number of morpholine rings is 1. The maximum Gasteiger partial charge on any atom is 0.230 e. The zero-order valence-electron chi connectivity index (χ0n) is 13.9. The number of ether oxygens (including phenoxy) is 2. The van der Waals surface area contributed by atoms with E-state index in [4.69, 9.17) is 13.9 Å². The molecule has 1 aliphatic rings. The maximum absolute atomic E-state index is 6.14. The molecule has 6 nitrogen and oxygen atoms in total. The van der Waals surface area contributed by atoms with Crippen LogP contribution in [-0.4, -0.2) is 46.5 Å². The molecule has 124 valence electrons. The monoisotopic (exact) mass is 317 g/mol. The minimum Gasteiger partial charge on any atom is -0.491 e. The molecule has 0 aliphatic carbocycles. The summed E-state index contributed by atoms with van der Waals surface area (Å²) in [4.78, 5) is 2.27. The van der Waals surface area contributed by atoms with Gasteiger partial charge in [0.25, 0.3) is 0 Å². The van der Waals surface area contributed by atoms with Gasteiger partial charge in [0.2, 0.25) is 11.8 Å². The van der Waals surface area contributed by atoms with E-state index in [0.717, 1.165) is 18.8 Å². The van der Waals surface area contributed by atoms with Crippen LogP contribution >= 0.6 is 0 Å². The lowest BCUT2D eigenvalue weighted by molar-refractivity contribution is -0.148. The van der Waals surface area contributed by atoms with Gasteiger partial charge in [-0.15, -0.1) is 10.2 Å². The quantitative estimate of drug-likeness (QED) is 0.844. The molecule has 2 aromatic rings. The number of hydrogen-bond acceptors (Lipinski definition) is 6. The molecule has 1 unspecified atom stereocenters. The minimum absolute atomic E-state index is 0.00275. The summed E-state index contributed by atoms with van der Waals surface area (Å²) < 4.78 is 17.5. The number of rotatable bonds is 5. The first-order valence-electron chi connectivity index (χ1n) is 7.87. The third kappa shape index (κ3) is 4.53. The highest BCUT2D eigenvalue weighted by atomic mass is 16.5. The normalized spacial score (nSPS) is 21.3. The largest absolute Gasteiger partial charge is 0.491 e. The third-order valence-electron chi connectivity index (χ3n) is 3.66. The van der Waals surface area contributed by atoms with Gasteiger partial charge in [-0.2, -0.15) is 0 Å². The van der Waals surface area contributed by atoms with Crippen LogP contribution in [0.1, 0.15) is 25.6 Å². The first-order valence-corrected chi connectivity index (χ1v) is 7.87. The van der Waals surface area contributed by atoms with Crippen molar-refractivity contribution < 1.29 is 13.9 Å². The summed E-state index contributed by atoms with van der Waals surface area (Å²) in [7, 11) is 0. The lowest BCUT2D eigenvalue weighted by Crippen LogP contribution is -2.53. The van der Waals surface area contributed by atoms with Crippen molar-refractivity contribution in [1.82, 2.24) is 15.1 Å². The Kier molecular flexibility index (Phi) is 4.63. The fraction of sp³-hybridized carbons (Fsp3) is 0.529. The van der Waals surface area contributed by atoms with Gasteiger partial charge in [-0.1, -0.05) is 18.2 Å². The van der Waals surface area contributed by atoms with Crippen molar-refractivity contribution in [1.29, 1.82) is 0 Å². The average Bonchev–Trinajstić information content (AvgIpc) is 2.90. The zero-order chi connectivity index (χ0) is 16.3. The predicted molar refractivity (Wildman–Crippen MR) is 85.2 cm³/mol. The van der Waals surface area contributed by atoms with Gasteiger partial charge in [0.1, 0.15) is 18.5 Å². The first kappa shape index (κ1) is 16.0. The van der Waals surface area contributed by atoms with E-state index in [1.54, 1.807) is 6.92 Å². The van der Waals surface area contributed by atoms with Crippen LogP contribution in [0.5, 0.6) is 5.75 Å². The summed E-state index contributed by atoms with van der Waals surface area (Å²) in [6.07, 6.45) is 0.00275. The highest BCUT2D eigenvalue weighted by Crippen LogP contribution is 2.23. The standard InChI is InChI=1S/C17H23N3O3/c1-13-18-19-16(22-13)10-20-9-15(23-17(2,3)12-20)11-21-14-7-5-4-6-8-14/h4-8,15H,9-12H2,1-3H3. The Bertz CT molecular complexity index is 627. The lowest BCUT2D eigenvalue weighted by Gasteiger charge is -2.42. The summed E-state index contributed by atoms with van der Waals surface area (Å²) in [5.74, 6) is 2.10. The van der Waals surface area contributed by atoms with Crippen LogP contribution in [0.3, 0.4) is 0 Å². The van der Waals surface area contributed by atoms with Crippen molar-refractivity contribution in [3.05, 3.63) is 42.1 Å². The van der Waals surface area contributed by atoms with E-state index in [-0.39, 0.29) is 11.7 Å². The summed E-state index contributed by atoms with van der Waals surface area (Å²) in [6, 6.07) is 9.80. The second-order valence-corrected chi connectivity index (χ2v) is 6.51. The molecule has 0 N–H and O–H groups in total. The Morgan fingerprint density at radius 1 is 1.26 bits per heavy atom. The molecule has 1 aromatic carbocycles. The molecule has 0 spiro atoms. The molecule has 0 bridgehead atoms. The van der Waals surface area contributed by atoms with Crippen LogP contribution in [0.2, 0.25) is 0 Å². The van der Waals surface area contributed by atoms with Crippen molar-refractivity contribution >= 4 is 0 Å². The van der Waals surface area contributed by atoms with Crippen LogP contribution in [0, 0.1) is 6.92 Å². The number of aromatic nitrogens is 2. The Labute approximate surface area is 136 Å². The van der Waals surface area contributed by atoms with Crippen molar-refractivity contribution in [3.63, 3.8) is 0 Å². The van der Waals surface area contributed by atoms with Gasteiger partial charge in [0.15, 0.2) is 0 Å². The van der Waals surface area contributed by atoms with E-state index in [1.165, 1.54) is 0 Å². The second-order valence-electron chi connectivity index (χ2n) is 6.51. The molecule has 6 heteroatoms. The van der Waals surface area contributed by atoms with Crippen molar-refractivity contribution in [2.24, 2.45) is 0 Å². The van der Waals surface area contributed by atoms with Gasteiger partial charge in [0.05, 0.1) is 12.1 Å². The predicted octanol–water partition coefficient (Wildman–Crippen LogP) is 2.44. The van der Waals surface area contributed by atoms with Gasteiger partial charge in [-0.25, -0.2) is 0 Å². The molecule has 0 amide bonds. The lowest BCUT2D eigenvalue weighted by atomic mass is 10.1. The molecule has 1 saturated heterocycles. The topological polar surface area (TPSA) is 60.6 Å². The minimum atomic E-state index is -0.238. The van der Waals surface area contributed by atoms with Crippen molar-refractivity contribution in [2.45, 2.75) is 39.0 Å². The highest BCUT2D eigenvalue weighted by molar-refractivity contribution is 5.20. The molecule has 1 fully saturated rings. The van der Waals surface area contributed by atoms with Crippen LogP contribution < -0.4 is 4.74 Å². The summed E-state index contributed by atoms with van der Waals surface area (Å²) in [6.45, 7) is 8.73. The van der Waals surface area contributed by atoms with Gasteiger partial charge in [-0.05, 0) is 26.0 Å². The number of para-hydroxylation sites is 1. The highest BCUT2D eigenvalue weighted by Gasteiger charge is 2.34. The van der Waals surface area contributed by atoms with Gasteiger partial charge in [-0.3, -0.25) is 4.90 Å². The fourth-order valence-electron chi connectivity index (χ4n) is 2.92. The van der Waals surface area contributed by atoms with Gasteiger partial charge < -0.3 is 13.9 Å². The maximum atomic E-state index is 6.14. The van der Waals surface area contributed by atoms with E-state index in [9.17, 15) is 0 Å². The molecule has 1 atom stereocenters. The summed E-state index contributed by atoms with van der Waals surface area (Å²) >= 11 is 0. The molecule has 2 heterocycles. The molecular formula is C17H23N3O3.